The van der Waals surface area contributed by atoms with Crippen LogP contribution in [-0.4, -0.2) is 26.8 Å². The summed E-state index contributed by atoms with van der Waals surface area (Å²) in [5.41, 5.74) is 3.90. The van der Waals surface area contributed by atoms with Gasteiger partial charge < -0.3 is 14.3 Å². The molecule has 3 aromatic rings. The number of amidine groups is 1. The predicted molar refractivity (Wildman–Crippen MR) is 110 cm³/mol. The van der Waals surface area contributed by atoms with E-state index in [0.29, 0.717) is 5.69 Å². The van der Waals surface area contributed by atoms with E-state index >= 15 is 0 Å². The summed E-state index contributed by atoms with van der Waals surface area (Å²) in [5, 5.41) is 4.28. The zero-order valence-corrected chi connectivity index (χ0v) is 16.4. The largest absolute Gasteiger partial charge is 0.363 e. The van der Waals surface area contributed by atoms with Crippen LogP contribution >= 0.6 is 0 Å². The van der Waals surface area contributed by atoms with Gasteiger partial charge in [-0.05, 0) is 61.2 Å². The van der Waals surface area contributed by atoms with Crippen LogP contribution in [-0.2, 0) is 4.84 Å². The highest BCUT2D eigenvalue weighted by Gasteiger charge is 2.35. The van der Waals surface area contributed by atoms with Gasteiger partial charge in [0, 0.05) is 18.3 Å². The molecule has 7 heteroatoms. The number of hydrogen-bond donors (Lipinski definition) is 0. The number of benzene rings is 2. The first-order valence-electron chi connectivity index (χ1n) is 9.86. The number of rotatable bonds is 3. The molecule has 0 spiro atoms. The molecule has 0 bridgehead atoms. The highest BCUT2D eigenvalue weighted by molar-refractivity contribution is 6.03. The molecule has 2 aromatic carbocycles. The second kappa shape index (κ2) is 7.40. The van der Waals surface area contributed by atoms with Crippen molar-refractivity contribution in [1.29, 1.82) is 0 Å². The summed E-state index contributed by atoms with van der Waals surface area (Å²) in [6, 6.07) is 11.4. The summed E-state index contributed by atoms with van der Waals surface area (Å²) < 4.78 is 29.6. The normalized spacial score (nSPS) is 19.6. The van der Waals surface area contributed by atoms with E-state index in [9.17, 15) is 8.78 Å². The van der Waals surface area contributed by atoms with E-state index in [2.05, 4.69) is 15.0 Å². The van der Waals surface area contributed by atoms with E-state index in [1.165, 1.54) is 18.2 Å². The van der Waals surface area contributed by atoms with E-state index in [1.54, 1.807) is 35.3 Å². The van der Waals surface area contributed by atoms with Gasteiger partial charge in [0.25, 0.3) is 0 Å². The van der Waals surface area contributed by atoms with Crippen LogP contribution in [0.2, 0.25) is 0 Å². The Morgan fingerprint density at radius 2 is 1.97 bits per heavy atom. The average molecular weight is 406 g/mol. The topological polar surface area (TPSA) is 42.7 Å². The van der Waals surface area contributed by atoms with Crippen molar-refractivity contribution in [2.45, 2.75) is 26.0 Å². The molecule has 2 aliphatic rings. The van der Waals surface area contributed by atoms with Crippen LogP contribution in [0.25, 0.3) is 11.8 Å². The van der Waals surface area contributed by atoms with Gasteiger partial charge in [-0.15, -0.1) is 0 Å². The second-order valence-corrected chi connectivity index (χ2v) is 7.52. The lowest BCUT2D eigenvalue weighted by atomic mass is 9.99. The molecule has 0 amide bonds. The fourth-order valence-corrected chi connectivity index (χ4v) is 3.92. The number of nitrogens with zero attached hydrogens (tertiary/aromatic N) is 4. The van der Waals surface area contributed by atoms with E-state index in [4.69, 9.17) is 4.84 Å². The van der Waals surface area contributed by atoms with Crippen molar-refractivity contribution in [3.63, 3.8) is 0 Å². The standard InChI is InChI=1S/C23H20F2N4O/c1-15-13-28(14-26-15)21-9-4-16(12-20(21)25)11-18-3-2-10-29-22(18)27-30-23(29)17-5-7-19(24)8-6-17/h4-9,11-14,23H,2-3,10H2,1H3/b18-11+. The lowest BCUT2D eigenvalue weighted by Gasteiger charge is -2.30. The van der Waals surface area contributed by atoms with Gasteiger partial charge in [0.2, 0.25) is 6.23 Å². The summed E-state index contributed by atoms with van der Waals surface area (Å²) in [6.45, 7) is 2.66. The number of oxime groups is 1. The van der Waals surface area contributed by atoms with Crippen molar-refractivity contribution in [1.82, 2.24) is 14.5 Å². The Morgan fingerprint density at radius 3 is 2.70 bits per heavy atom. The predicted octanol–water partition coefficient (Wildman–Crippen LogP) is 4.98. The van der Waals surface area contributed by atoms with Crippen LogP contribution in [0.4, 0.5) is 8.78 Å². The molecular weight excluding hydrogens is 386 g/mol. The van der Waals surface area contributed by atoms with Crippen LogP contribution in [0.5, 0.6) is 0 Å². The zero-order valence-electron chi connectivity index (χ0n) is 16.4. The number of halogens is 2. The fraction of sp³-hybridized carbons (Fsp3) is 0.217. The minimum Gasteiger partial charge on any atom is -0.363 e. The van der Waals surface area contributed by atoms with Gasteiger partial charge in [0.15, 0.2) is 5.84 Å². The van der Waals surface area contributed by atoms with Crippen LogP contribution in [0.1, 0.15) is 35.9 Å². The number of fused-ring (bicyclic) bond motifs is 1. The Bertz CT molecular complexity index is 1150. The molecule has 1 atom stereocenters. The molecule has 0 aliphatic carbocycles. The summed E-state index contributed by atoms with van der Waals surface area (Å²) >= 11 is 0. The minimum atomic E-state index is -0.368. The lowest BCUT2D eigenvalue weighted by molar-refractivity contribution is 0.00782. The Labute approximate surface area is 172 Å². The third-order valence-corrected chi connectivity index (χ3v) is 5.38. The smallest absolute Gasteiger partial charge is 0.227 e. The van der Waals surface area contributed by atoms with Gasteiger partial charge in [0.05, 0.1) is 17.7 Å². The molecule has 2 aliphatic heterocycles. The van der Waals surface area contributed by atoms with Crippen LogP contribution < -0.4 is 0 Å². The Kier molecular flexibility index (Phi) is 4.58. The van der Waals surface area contributed by atoms with Crippen molar-refractivity contribution in [3.8, 4) is 5.69 Å². The number of aromatic nitrogens is 2. The molecule has 1 aromatic heterocycles. The molecule has 0 saturated carbocycles. The second-order valence-electron chi connectivity index (χ2n) is 7.52. The first kappa shape index (κ1) is 18.5. The molecule has 152 valence electrons. The molecular formula is C23H20F2N4O. The molecule has 0 N–H and O–H groups in total. The SMILES string of the molecule is Cc1cn(-c2ccc(/C=C3\CCCN4C3=NOC4c3ccc(F)cc3)cc2F)cn1. The van der Waals surface area contributed by atoms with Crippen LogP contribution in [0, 0.1) is 18.6 Å². The van der Waals surface area contributed by atoms with Gasteiger partial charge in [-0.1, -0.05) is 23.4 Å². The maximum Gasteiger partial charge on any atom is 0.227 e. The molecule has 5 nitrogen and oxygen atoms in total. The van der Waals surface area contributed by atoms with Crippen molar-refractivity contribution >= 4 is 11.9 Å². The van der Waals surface area contributed by atoms with E-state index in [0.717, 1.165) is 47.6 Å². The molecule has 5 rings (SSSR count). The lowest BCUT2D eigenvalue weighted by Crippen LogP contribution is -2.36. The first-order chi connectivity index (χ1) is 14.6. The average Bonchev–Trinajstić information content (AvgIpc) is 3.36. The van der Waals surface area contributed by atoms with Crippen molar-refractivity contribution in [3.05, 3.63) is 89.0 Å². The molecule has 30 heavy (non-hydrogen) atoms. The Balaban J connectivity index is 1.40. The number of imidazole rings is 1. The van der Waals surface area contributed by atoms with Gasteiger partial charge in [-0.3, -0.25) is 0 Å². The van der Waals surface area contributed by atoms with E-state index < -0.39 is 0 Å². The highest BCUT2D eigenvalue weighted by Crippen LogP contribution is 2.35. The van der Waals surface area contributed by atoms with E-state index in [-0.39, 0.29) is 17.9 Å². The molecule has 3 heterocycles. The van der Waals surface area contributed by atoms with Crippen molar-refractivity contribution in [2.24, 2.45) is 5.16 Å². The number of hydrogen-bond acceptors (Lipinski definition) is 4. The molecule has 1 fully saturated rings. The molecule has 1 saturated heterocycles. The summed E-state index contributed by atoms with van der Waals surface area (Å²) in [6.07, 6.45) is 6.74. The first-order valence-corrected chi connectivity index (χ1v) is 9.86. The third-order valence-electron chi connectivity index (χ3n) is 5.38. The summed E-state index contributed by atoms with van der Waals surface area (Å²) in [4.78, 5) is 11.9. The summed E-state index contributed by atoms with van der Waals surface area (Å²) in [7, 11) is 0. The van der Waals surface area contributed by atoms with Crippen molar-refractivity contribution < 1.29 is 13.6 Å². The highest BCUT2D eigenvalue weighted by atomic mass is 19.1. The summed E-state index contributed by atoms with van der Waals surface area (Å²) in [5.74, 6) is 0.155. The number of aryl methyl sites for hydroxylation is 1. The quantitative estimate of drug-likeness (QED) is 0.616. The van der Waals surface area contributed by atoms with Gasteiger partial charge in [-0.25, -0.2) is 13.8 Å². The monoisotopic (exact) mass is 406 g/mol. The maximum atomic E-state index is 14.7. The maximum absolute atomic E-state index is 14.7. The Hall–Kier alpha value is -3.48. The number of piperidine rings is 1. The van der Waals surface area contributed by atoms with E-state index in [1.807, 2.05) is 19.1 Å². The van der Waals surface area contributed by atoms with Gasteiger partial charge >= 0.3 is 0 Å². The Morgan fingerprint density at radius 1 is 1.13 bits per heavy atom. The fourth-order valence-electron chi connectivity index (χ4n) is 3.92. The molecule has 1 unspecified atom stereocenters. The van der Waals surface area contributed by atoms with Gasteiger partial charge in [0.1, 0.15) is 11.6 Å². The zero-order chi connectivity index (χ0) is 20.7. The third kappa shape index (κ3) is 3.36. The van der Waals surface area contributed by atoms with Crippen molar-refractivity contribution in [2.75, 3.05) is 6.54 Å². The van der Waals surface area contributed by atoms with Crippen LogP contribution in [0.15, 0.2) is 65.7 Å². The van der Waals surface area contributed by atoms with Crippen LogP contribution in [0.3, 0.4) is 0 Å². The molecule has 0 radical (unpaired) electrons. The van der Waals surface area contributed by atoms with Gasteiger partial charge in [-0.2, -0.15) is 0 Å². The minimum absolute atomic E-state index is 0.284.